The van der Waals surface area contributed by atoms with Gasteiger partial charge in [0.1, 0.15) is 0 Å². The minimum Gasteiger partial charge on any atom is -0.295 e. The minimum absolute atomic E-state index is 1.03. The van der Waals surface area contributed by atoms with E-state index in [1.165, 1.54) is 11.3 Å². The first-order chi connectivity index (χ1) is 6.83. The van der Waals surface area contributed by atoms with Gasteiger partial charge >= 0.3 is 0 Å². The summed E-state index contributed by atoms with van der Waals surface area (Å²) in [5.74, 6) is 0. The normalized spacial score (nSPS) is 10.4. The van der Waals surface area contributed by atoms with Gasteiger partial charge in [-0.05, 0) is 24.8 Å². The van der Waals surface area contributed by atoms with Crippen molar-refractivity contribution in [1.82, 2.24) is 9.55 Å². The van der Waals surface area contributed by atoms with Crippen LogP contribution in [0.4, 0.5) is 0 Å². The van der Waals surface area contributed by atoms with Crippen LogP contribution in [-0.4, -0.2) is 15.8 Å². The van der Waals surface area contributed by atoms with E-state index in [1.54, 1.807) is 11.8 Å². The van der Waals surface area contributed by atoms with Crippen LogP contribution in [0, 0.1) is 6.92 Å². The molecule has 1 aromatic carbocycles. The van der Waals surface area contributed by atoms with Gasteiger partial charge in [-0.3, -0.25) is 4.57 Å². The highest BCUT2D eigenvalue weighted by Gasteiger charge is 2.04. The first-order valence-electron chi connectivity index (χ1n) is 4.46. The van der Waals surface area contributed by atoms with E-state index in [2.05, 4.69) is 34.7 Å². The summed E-state index contributed by atoms with van der Waals surface area (Å²) in [7, 11) is 0. The van der Waals surface area contributed by atoms with Crippen LogP contribution in [0.25, 0.3) is 5.69 Å². The van der Waals surface area contributed by atoms with E-state index in [4.69, 9.17) is 0 Å². The van der Waals surface area contributed by atoms with Gasteiger partial charge in [0.05, 0.1) is 5.69 Å². The minimum atomic E-state index is 1.03. The molecule has 2 nitrogen and oxygen atoms in total. The van der Waals surface area contributed by atoms with Gasteiger partial charge in [0, 0.05) is 12.4 Å². The van der Waals surface area contributed by atoms with Crippen LogP contribution in [0.15, 0.2) is 41.8 Å². The fourth-order valence-electron chi connectivity index (χ4n) is 1.46. The number of imidazole rings is 1. The summed E-state index contributed by atoms with van der Waals surface area (Å²) >= 11 is 1.66. The summed E-state index contributed by atoms with van der Waals surface area (Å²) in [6.07, 6.45) is 5.86. The second-order valence-corrected chi connectivity index (χ2v) is 3.84. The lowest BCUT2D eigenvalue weighted by Gasteiger charge is -2.08. The van der Waals surface area contributed by atoms with Gasteiger partial charge in [-0.25, -0.2) is 4.98 Å². The number of para-hydroxylation sites is 1. The predicted octanol–water partition coefficient (Wildman–Crippen LogP) is 2.90. The Labute approximate surface area is 88.0 Å². The molecule has 0 spiro atoms. The summed E-state index contributed by atoms with van der Waals surface area (Å²) in [6, 6.07) is 8.32. The van der Waals surface area contributed by atoms with Crippen molar-refractivity contribution in [3.8, 4) is 5.69 Å². The lowest BCUT2D eigenvalue weighted by atomic mass is 10.2. The summed E-state index contributed by atoms with van der Waals surface area (Å²) in [6.45, 7) is 2.11. The van der Waals surface area contributed by atoms with Crippen LogP contribution in [0.2, 0.25) is 0 Å². The molecule has 3 heteroatoms. The average Bonchev–Trinajstić information content (AvgIpc) is 2.66. The number of thioether (sulfide) groups is 1. The van der Waals surface area contributed by atoms with Crippen LogP contribution >= 0.6 is 11.8 Å². The second-order valence-electron chi connectivity index (χ2n) is 3.07. The molecule has 0 atom stereocenters. The molecule has 0 bridgehead atoms. The third-order valence-corrected chi connectivity index (χ3v) is 2.83. The van der Waals surface area contributed by atoms with Crippen LogP contribution in [0.5, 0.6) is 0 Å². The van der Waals surface area contributed by atoms with E-state index in [1.807, 2.05) is 24.7 Å². The van der Waals surface area contributed by atoms with Crippen molar-refractivity contribution in [3.63, 3.8) is 0 Å². The zero-order valence-electron chi connectivity index (χ0n) is 8.27. The van der Waals surface area contributed by atoms with E-state index in [-0.39, 0.29) is 0 Å². The van der Waals surface area contributed by atoms with Crippen molar-refractivity contribution in [3.05, 3.63) is 42.2 Å². The molecule has 14 heavy (non-hydrogen) atoms. The van der Waals surface area contributed by atoms with Gasteiger partial charge < -0.3 is 0 Å². The standard InChI is InChI=1S/C11H12N2S/c1-9-5-3-4-6-10(9)13-8-7-12-11(13)14-2/h3-8H,1-2H3. The van der Waals surface area contributed by atoms with Crippen molar-refractivity contribution in [2.75, 3.05) is 6.26 Å². The maximum Gasteiger partial charge on any atom is 0.172 e. The molecule has 0 fully saturated rings. The van der Waals surface area contributed by atoms with Crippen molar-refractivity contribution in [1.29, 1.82) is 0 Å². The Balaban J connectivity index is 2.54. The molecule has 0 saturated carbocycles. The topological polar surface area (TPSA) is 17.8 Å². The molecule has 0 aliphatic carbocycles. The lowest BCUT2D eigenvalue weighted by molar-refractivity contribution is 0.890. The first-order valence-corrected chi connectivity index (χ1v) is 5.69. The smallest absolute Gasteiger partial charge is 0.172 e. The molecule has 2 aromatic rings. The van der Waals surface area contributed by atoms with Gasteiger partial charge in [-0.2, -0.15) is 0 Å². The molecule has 0 radical (unpaired) electrons. The van der Waals surface area contributed by atoms with Crippen molar-refractivity contribution in [2.45, 2.75) is 12.1 Å². The lowest BCUT2D eigenvalue weighted by Crippen LogP contribution is -1.96. The number of nitrogens with zero attached hydrogens (tertiary/aromatic N) is 2. The van der Waals surface area contributed by atoms with E-state index in [0.29, 0.717) is 0 Å². The Kier molecular flexibility index (Phi) is 2.59. The third kappa shape index (κ3) is 1.55. The molecule has 72 valence electrons. The Morgan fingerprint density at radius 2 is 2.07 bits per heavy atom. The number of hydrogen-bond donors (Lipinski definition) is 0. The number of aromatic nitrogens is 2. The average molecular weight is 204 g/mol. The van der Waals surface area contributed by atoms with E-state index in [0.717, 1.165) is 5.16 Å². The van der Waals surface area contributed by atoms with Crippen molar-refractivity contribution >= 4 is 11.8 Å². The number of aryl methyl sites for hydroxylation is 1. The second kappa shape index (κ2) is 3.88. The molecule has 0 aliphatic rings. The molecule has 0 unspecified atom stereocenters. The number of hydrogen-bond acceptors (Lipinski definition) is 2. The fraction of sp³-hybridized carbons (Fsp3) is 0.182. The Hall–Kier alpha value is -1.22. The Morgan fingerprint density at radius 1 is 1.29 bits per heavy atom. The highest BCUT2D eigenvalue weighted by atomic mass is 32.2. The van der Waals surface area contributed by atoms with Crippen molar-refractivity contribution in [2.24, 2.45) is 0 Å². The maximum atomic E-state index is 4.28. The number of rotatable bonds is 2. The van der Waals surface area contributed by atoms with Crippen LogP contribution < -0.4 is 0 Å². The monoisotopic (exact) mass is 204 g/mol. The van der Waals surface area contributed by atoms with Gasteiger partial charge in [0.2, 0.25) is 0 Å². The van der Waals surface area contributed by atoms with Gasteiger partial charge in [-0.15, -0.1) is 0 Å². The Morgan fingerprint density at radius 3 is 2.79 bits per heavy atom. The fourth-order valence-corrected chi connectivity index (χ4v) is 1.98. The zero-order chi connectivity index (χ0) is 9.97. The van der Waals surface area contributed by atoms with E-state index < -0.39 is 0 Å². The molecule has 0 amide bonds. The first kappa shape index (κ1) is 9.34. The summed E-state index contributed by atoms with van der Waals surface area (Å²) in [5.41, 5.74) is 2.47. The SMILES string of the molecule is CSc1nccn1-c1ccccc1C. The molecule has 0 N–H and O–H groups in total. The van der Waals surface area contributed by atoms with Gasteiger partial charge in [-0.1, -0.05) is 30.0 Å². The highest BCUT2D eigenvalue weighted by Crippen LogP contribution is 2.20. The van der Waals surface area contributed by atoms with Crippen LogP contribution in [0.3, 0.4) is 0 Å². The molecular weight excluding hydrogens is 192 g/mol. The molecule has 0 saturated heterocycles. The molecule has 1 heterocycles. The highest BCUT2D eigenvalue weighted by molar-refractivity contribution is 7.98. The van der Waals surface area contributed by atoms with E-state index in [9.17, 15) is 0 Å². The van der Waals surface area contributed by atoms with Crippen molar-refractivity contribution < 1.29 is 0 Å². The van der Waals surface area contributed by atoms with Gasteiger partial charge in [0.15, 0.2) is 5.16 Å². The van der Waals surface area contributed by atoms with E-state index >= 15 is 0 Å². The predicted molar refractivity (Wildman–Crippen MR) is 60.1 cm³/mol. The molecule has 2 rings (SSSR count). The van der Waals surface area contributed by atoms with Crippen LogP contribution in [-0.2, 0) is 0 Å². The summed E-state index contributed by atoms with van der Waals surface area (Å²) < 4.78 is 2.11. The van der Waals surface area contributed by atoms with Gasteiger partial charge in [0.25, 0.3) is 0 Å². The molecule has 1 aromatic heterocycles. The maximum absolute atomic E-state index is 4.28. The quantitative estimate of drug-likeness (QED) is 0.700. The Bertz CT molecular complexity index is 434. The third-order valence-electron chi connectivity index (χ3n) is 2.16. The summed E-state index contributed by atoms with van der Waals surface area (Å²) in [5, 5.41) is 1.03. The number of benzene rings is 1. The van der Waals surface area contributed by atoms with Crippen LogP contribution in [0.1, 0.15) is 5.56 Å². The molecule has 0 aliphatic heterocycles. The molecular formula is C11H12N2S. The largest absolute Gasteiger partial charge is 0.295 e. The zero-order valence-corrected chi connectivity index (χ0v) is 9.08. The summed E-state index contributed by atoms with van der Waals surface area (Å²) in [4.78, 5) is 4.28.